The maximum absolute atomic E-state index is 12.6. The van der Waals surface area contributed by atoms with Gasteiger partial charge in [-0.15, -0.1) is 0 Å². The topological polar surface area (TPSA) is 61.8 Å². The molecule has 0 aliphatic heterocycles. The fourth-order valence-electron chi connectivity index (χ4n) is 6.10. The van der Waals surface area contributed by atoms with E-state index in [0.717, 1.165) is 50.5 Å². The van der Waals surface area contributed by atoms with Crippen LogP contribution in [0.15, 0.2) is 30.3 Å². The number of unbranched alkanes of at least 4 members (excludes halogenated alkanes) is 24. The van der Waals surface area contributed by atoms with Gasteiger partial charge in [-0.1, -0.05) is 185 Å². The average Bonchev–Trinajstić information content (AvgIpc) is 3.09. The molecule has 0 bridgehead atoms. The lowest BCUT2D eigenvalue weighted by Crippen LogP contribution is -2.29. The van der Waals surface area contributed by atoms with Crippen LogP contribution >= 0.6 is 0 Å². The Labute approximate surface area is 294 Å². The van der Waals surface area contributed by atoms with E-state index in [1.807, 2.05) is 30.3 Å². The number of carbonyl (C=O) groups is 2. The second kappa shape index (κ2) is 34.9. The zero-order valence-electron chi connectivity index (χ0n) is 31.0. The molecule has 0 fully saturated rings. The summed E-state index contributed by atoms with van der Waals surface area (Å²) in [5.74, 6) is -0.474. The van der Waals surface area contributed by atoms with Gasteiger partial charge in [0.25, 0.3) is 0 Å². The van der Waals surface area contributed by atoms with E-state index in [-0.39, 0.29) is 31.8 Å². The summed E-state index contributed by atoms with van der Waals surface area (Å²) in [7, 11) is 0. The van der Waals surface area contributed by atoms with Crippen LogP contribution in [-0.4, -0.2) is 37.9 Å². The molecule has 1 aromatic rings. The molecule has 0 radical (unpaired) electrons. The first-order valence-electron chi connectivity index (χ1n) is 20.2. The second-order valence-electron chi connectivity index (χ2n) is 13.8. The first-order valence-corrected chi connectivity index (χ1v) is 20.2. The van der Waals surface area contributed by atoms with Crippen LogP contribution < -0.4 is 0 Å². The normalized spacial score (nSPS) is 11.9. The van der Waals surface area contributed by atoms with Crippen molar-refractivity contribution < 1.29 is 28.2 Å². The molecule has 1 rings (SSSR count). The summed E-state index contributed by atoms with van der Waals surface area (Å²) in [6, 6.07) is 9.89. The summed E-state index contributed by atoms with van der Waals surface area (Å²) >= 11 is 0. The molecule has 0 aromatic heterocycles. The van der Waals surface area contributed by atoms with Crippen LogP contribution in [0.5, 0.6) is 0 Å². The number of hydrogen-bond donors (Lipinski definition) is 0. The Morgan fingerprint density at radius 2 is 0.958 bits per heavy atom. The van der Waals surface area contributed by atoms with Gasteiger partial charge in [-0.3, -0.25) is 14.0 Å². The molecule has 0 unspecified atom stereocenters. The van der Waals surface area contributed by atoms with Gasteiger partial charge in [-0.05, 0) is 24.8 Å². The second-order valence-corrected chi connectivity index (χ2v) is 13.8. The number of ether oxygens (including phenoxy) is 3. The molecule has 0 aliphatic rings. The summed E-state index contributed by atoms with van der Waals surface area (Å²) in [5.41, 5.74) is 1.05. The quantitative estimate of drug-likeness (QED) is 0.0523. The highest BCUT2D eigenvalue weighted by molar-refractivity contribution is 5.70. The lowest BCUT2D eigenvalue weighted by molar-refractivity contribution is -0.163. The third kappa shape index (κ3) is 30.1. The van der Waals surface area contributed by atoms with Crippen LogP contribution in [0.25, 0.3) is 0 Å². The Morgan fingerprint density at radius 1 is 0.542 bits per heavy atom. The van der Waals surface area contributed by atoms with Gasteiger partial charge < -0.3 is 14.2 Å². The average molecular weight is 677 g/mol. The van der Waals surface area contributed by atoms with Crippen molar-refractivity contribution in [3.05, 3.63) is 35.9 Å². The Morgan fingerprint density at radius 3 is 1.42 bits per heavy atom. The molecule has 0 aliphatic carbocycles. The summed E-state index contributed by atoms with van der Waals surface area (Å²) < 4.78 is 29.2. The molecule has 48 heavy (non-hydrogen) atoms. The zero-order chi connectivity index (χ0) is 34.6. The molecule has 1 aromatic carbocycles. The van der Waals surface area contributed by atoms with E-state index in [4.69, 9.17) is 14.2 Å². The zero-order valence-corrected chi connectivity index (χ0v) is 31.0. The largest absolute Gasteiger partial charge is 0.462 e. The number of esters is 2. The fraction of sp³-hybridized carbons (Fsp3) is 0.810. The maximum Gasteiger partial charge on any atom is 0.306 e. The molecule has 0 saturated heterocycles. The molecule has 0 N–H and O–H groups in total. The van der Waals surface area contributed by atoms with Crippen molar-refractivity contribution in [1.29, 1.82) is 0 Å². The van der Waals surface area contributed by atoms with E-state index in [1.165, 1.54) is 122 Å². The van der Waals surface area contributed by atoms with Crippen LogP contribution in [0.4, 0.5) is 4.39 Å². The predicted octanol–water partition coefficient (Wildman–Crippen LogP) is 12.6. The lowest BCUT2D eigenvalue weighted by Gasteiger charge is -2.18. The summed E-state index contributed by atoms with van der Waals surface area (Å²) in [6.07, 6.45) is 31.4. The Hall–Kier alpha value is -1.95. The number of hydrogen-bond acceptors (Lipinski definition) is 5. The van der Waals surface area contributed by atoms with Crippen LogP contribution in [0.2, 0.25) is 0 Å². The van der Waals surface area contributed by atoms with Gasteiger partial charge in [0.15, 0.2) is 6.10 Å². The van der Waals surface area contributed by atoms with E-state index in [9.17, 15) is 14.0 Å². The number of alkyl halides is 1. The number of halogens is 1. The molecule has 0 amide bonds. The van der Waals surface area contributed by atoms with Gasteiger partial charge in [0.05, 0.1) is 19.9 Å². The van der Waals surface area contributed by atoms with Gasteiger partial charge in [-0.25, -0.2) is 0 Å². The standard InChI is InChI=1S/C42H73FO5/c1-2-3-4-5-6-7-8-10-13-16-19-22-28-33-41(44)47-38-40(37-46-36-39-31-26-25-27-32-39)48-42(45)34-29-23-20-17-14-11-9-12-15-18-21-24-30-35-43/h25-27,31-32,40H,2-24,28-30,33-38H2,1H3/t40-/m0/s1. The van der Waals surface area contributed by atoms with Crippen molar-refractivity contribution in [2.24, 2.45) is 0 Å². The van der Waals surface area contributed by atoms with Crippen molar-refractivity contribution in [3.63, 3.8) is 0 Å². The SMILES string of the molecule is CCCCCCCCCCCCCCCC(=O)OC[C@H](COCc1ccccc1)OC(=O)CCCCCCCCCCCCCCCF. The van der Waals surface area contributed by atoms with Crippen LogP contribution in [0.3, 0.4) is 0 Å². The first kappa shape index (κ1) is 44.1. The highest BCUT2D eigenvalue weighted by atomic mass is 19.1. The number of rotatable bonds is 36. The summed E-state index contributed by atoms with van der Waals surface area (Å²) in [4.78, 5) is 25.1. The van der Waals surface area contributed by atoms with Gasteiger partial charge >= 0.3 is 11.9 Å². The molecule has 6 heteroatoms. The number of carbonyl (C=O) groups excluding carboxylic acids is 2. The molecular formula is C42H73FO5. The molecule has 5 nitrogen and oxygen atoms in total. The van der Waals surface area contributed by atoms with E-state index in [2.05, 4.69) is 6.92 Å². The van der Waals surface area contributed by atoms with E-state index < -0.39 is 6.10 Å². The molecular weight excluding hydrogens is 603 g/mol. The maximum atomic E-state index is 12.6. The Bertz CT molecular complexity index is 833. The minimum Gasteiger partial charge on any atom is -0.462 e. The Kier molecular flexibility index (Phi) is 32.0. The lowest BCUT2D eigenvalue weighted by atomic mass is 10.0. The van der Waals surface area contributed by atoms with E-state index in [0.29, 0.717) is 19.4 Å². The van der Waals surface area contributed by atoms with Crippen LogP contribution in [-0.2, 0) is 30.4 Å². The van der Waals surface area contributed by atoms with Crippen LogP contribution in [0, 0.1) is 0 Å². The van der Waals surface area contributed by atoms with E-state index >= 15 is 0 Å². The van der Waals surface area contributed by atoms with Crippen molar-refractivity contribution in [2.75, 3.05) is 19.9 Å². The molecule has 0 heterocycles. The minimum absolute atomic E-state index is 0.0371. The van der Waals surface area contributed by atoms with Crippen molar-refractivity contribution >= 4 is 11.9 Å². The third-order valence-electron chi connectivity index (χ3n) is 9.14. The fourth-order valence-corrected chi connectivity index (χ4v) is 6.10. The smallest absolute Gasteiger partial charge is 0.306 e. The van der Waals surface area contributed by atoms with Gasteiger partial charge in [-0.2, -0.15) is 0 Å². The molecule has 1 atom stereocenters. The third-order valence-corrected chi connectivity index (χ3v) is 9.14. The van der Waals surface area contributed by atoms with Gasteiger partial charge in [0.2, 0.25) is 0 Å². The summed E-state index contributed by atoms with van der Waals surface area (Å²) in [6.45, 7) is 2.74. The van der Waals surface area contributed by atoms with Crippen LogP contribution in [0.1, 0.15) is 192 Å². The van der Waals surface area contributed by atoms with Gasteiger partial charge in [0.1, 0.15) is 6.61 Å². The Balaban J connectivity index is 2.16. The highest BCUT2D eigenvalue weighted by Crippen LogP contribution is 2.15. The van der Waals surface area contributed by atoms with Crippen molar-refractivity contribution in [1.82, 2.24) is 0 Å². The first-order chi connectivity index (χ1) is 23.7. The minimum atomic E-state index is -0.597. The van der Waals surface area contributed by atoms with Crippen molar-refractivity contribution in [2.45, 2.75) is 199 Å². The molecule has 0 saturated carbocycles. The number of benzene rings is 1. The molecule has 278 valence electrons. The summed E-state index contributed by atoms with van der Waals surface area (Å²) in [5, 5.41) is 0. The molecule has 0 spiro atoms. The highest BCUT2D eigenvalue weighted by Gasteiger charge is 2.18. The van der Waals surface area contributed by atoms with Gasteiger partial charge in [0, 0.05) is 12.8 Å². The monoisotopic (exact) mass is 677 g/mol. The predicted molar refractivity (Wildman–Crippen MR) is 198 cm³/mol. The van der Waals surface area contributed by atoms with Crippen molar-refractivity contribution in [3.8, 4) is 0 Å². The van der Waals surface area contributed by atoms with E-state index in [1.54, 1.807) is 0 Å².